The van der Waals surface area contributed by atoms with Gasteiger partial charge in [-0.2, -0.15) is 0 Å². The van der Waals surface area contributed by atoms with Gasteiger partial charge in [0.15, 0.2) is 0 Å². The number of para-hydroxylation sites is 1. The molecule has 49 heavy (non-hydrogen) atoms. The van der Waals surface area contributed by atoms with Gasteiger partial charge < -0.3 is 4.90 Å². The molecule has 0 spiro atoms. The molecule has 0 radical (unpaired) electrons. The van der Waals surface area contributed by atoms with Gasteiger partial charge in [-0.05, 0) is 97.0 Å². The normalized spacial score (nSPS) is 11.3. The molecule has 2 heteroatoms. The van der Waals surface area contributed by atoms with E-state index >= 15 is 0 Å². The van der Waals surface area contributed by atoms with E-state index in [-0.39, 0.29) is 0 Å². The minimum Gasteiger partial charge on any atom is -0.310 e. The summed E-state index contributed by atoms with van der Waals surface area (Å²) in [5, 5.41) is 7.53. The van der Waals surface area contributed by atoms with E-state index in [4.69, 9.17) is 4.98 Å². The Bertz CT molecular complexity index is 2590. The maximum absolute atomic E-state index is 4.88. The monoisotopic (exact) mass is 624 g/mol. The molecule has 0 amide bonds. The van der Waals surface area contributed by atoms with Gasteiger partial charge in [0.1, 0.15) is 0 Å². The van der Waals surface area contributed by atoms with Crippen molar-refractivity contribution >= 4 is 49.4 Å². The molecule has 0 aliphatic carbocycles. The lowest BCUT2D eigenvalue weighted by atomic mass is 9.94. The second-order valence-electron chi connectivity index (χ2n) is 12.4. The van der Waals surface area contributed by atoms with E-state index in [1.54, 1.807) is 0 Å². The molecule has 1 aromatic heterocycles. The van der Waals surface area contributed by atoms with Crippen LogP contribution in [0.3, 0.4) is 0 Å². The van der Waals surface area contributed by atoms with Crippen molar-refractivity contribution in [3.05, 3.63) is 194 Å². The molecule has 2 nitrogen and oxygen atoms in total. The molecule has 9 aromatic rings. The quantitative estimate of drug-likeness (QED) is 0.171. The summed E-state index contributed by atoms with van der Waals surface area (Å²) in [6.45, 7) is 0. The Kier molecular flexibility index (Phi) is 7.18. The number of fused-ring (bicyclic) bond motifs is 5. The largest absolute Gasteiger partial charge is 0.310 e. The summed E-state index contributed by atoms with van der Waals surface area (Å²) < 4.78 is 0. The third kappa shape index (κ3) is 5.30. The predicted octanol–water partition coefficient (Wildman–Crippen LogP) is 13.0. The van der Waals surface area contributed by atoms with Gasteiger partial charge in [-0.25, -0.2) is 0 Å². The number of nitrogens with zero attached hydrogens (tertiary/aromatic N) is 2. The van der Waals surface area contributed by atoms with Gasteiger partial charge in [0.2, 0.25) is 0 Å². The van der Waals surface area contributed by atoms with Crippen molar-refractivity contribution in [1.82, 2.24) is 4.98 Å². The second kappa shape index (κ2) is 12.3. The first-order valence-corrected chi connectivity index (χ1v) is 16.7. The zero-order valence-corrected chi connectivity index (χ0v) is 26.9. The minimum absolute atomic E-state index is 0.937. The van der Waals surface area contributed by atoms with Crippen molar-refractivity contribution in [3.63, 3.8) is 0 Å². The van der Waals surface area contributed by atoms with Gasteiger partial charge in [-0.15, -0.1) is 0 Å². The molecule has 0 atom stereocenters. The summed E-state index contributed by atoms with van der Waals surface area (Å²) in [5.41, 5.74) is 10.1. The first kappa shape index (κ1) is 28.7. The zero-order chi connectivity index (χ0) is 32.6. The Morgan fingerprint density at radius 3 is 1.63 bits per heavy atom. The molecule has 0 aliphatic heterocycles. The highest BCUT2D eigenvalue weighted by atomic mass is 15.1. The molecule has 0 fully saturated rings. The van der Waals surface area contributed by atoms with Crippen LogP contribution in [0.4, 0.5) is 17.1 Å². The molecule has 230 valence electrons. The summed E-state index contributed by atoms with van der Waals surface area (Å²) in [7, 11) is 0. The van der Waals surface area contributed by atoms with Crippen molar-refractivity contribution in [3.8, 4) is 33.5 Å². The molecule has 0 N–H and O–H groups in total. The van der Waals surface area contributed by atoms with Gasteiger partial charge in [0, 0.05) is 28.8 Å². The van der Waals surface area contributed by atoms with E-state index in [0.29, 0.717) is 0 Å². The summed E-state index contributed by atoms with van der Waals surface area (Å²) in [6.07, 6.45) is 1.92. The minimum atomic E-state index is 0.937. The van der Waals surface area contributed by atoms with Crippen LogP contribution in [0.1, 0.15) is 0 Å². The van der Waals surface area contributed by atoms with Gasteiger partial charge in [0.25, 0.3) is 0 Å². The molecule has 0 saturated carbocycles. The highest BCUT2D eigenvalue weighted by molar-refractivity contribution is 6.17. The van der Waals surface area contributed by atoms with Crippen LogP contribution in [-0.2, 0) is 0 Å². The van der Waals surface area contributed by atoms with E-state index < -0.39 is 0 Å². The van der Waals surface area contributed by atoms with Crippen molar-refractivity contribution in [1.29, 1.82) is 0 Å². The number of benzene rings is 8. The number of pyridine rings is 1. The van der Waals surface area contributed by atoms with Crippen LogP contribution in [0.2, 0.25) is 0 Å². The number of aromatic nitrogens is 1. The third-order valence-electron chi connectivity index (χ3n) is 9.50. The Morgan fingerprint density at radius 2 is 0.878 bits per heavy atom. The molecule has 0 saturated heterocycles. The van der Waals surface area contributed by atoms with Crippen molar-refractivity contribution in [2.75, 3.05) is 4.90 Å². The predicted molar refractivity (Wildman–Crippen MR) is 208 cm³/mol. The zero-order valence-electron chi connectivity index (χ0n) is 26.9. The summed E-state index contributed by atoms with van der Waals surface area (Å²) in [5.74, 6) is 0. The number of hydrogen-bond acceptors (Lipinski definition) is 2. The van der Waals surface area contributed by atoms with E-state index in [1.807, 2.05) is 6.20 Å². The van der Waals surface area contributed by atoms with Gasteiger partial charge in [0.05, 0.1) is 5.69 Å². The maximum atomic E-state index is 4.88. The molecule has 9 rings (SSSR count). The highest BCUT2D eigenvalue weighted by Crippen LogP contribution is 2.39. The van der Waals surface area contributed by atoms with Crippen LogP contribution in [0.15, 0.2) is 194 Å². The fraction of sp³-hybridized carbons (Fsp3) is 0. The fourth-order valence-electron chi connectivity index (χ4n) is 7.11. The summed E-state index contributed by atoms with van der Waals surface area (Å²) in [6, 6.07) is 67.3. The lowest BCUT2D eigenvalue weighted by molar-refractivity contribution is 1.24. The lowest BCUT2D eigenvalue weighted by Gasteiger charge is -2.26. The number of hydrogen-bond donors (Lipinski definition) is 0. The first-order valence-electron chi connectivity index (χ1n) is 16.7. The van der Waals surface area contributed by atoms with Crippen LogP contribution in [0, 0.1) is 0 Å². The van der Waals surface area contributed by atoms with Gasteiger partial charge >= 0.3 is 0 Å². The average molecular weight is 625 g/mol. The highest BCUT2D eigenvalue weighted by Gasteiger charge is 2.15. The molecular formula is C47H32N2. The van der Waals surface area contributed by atoms with Gasteiger partial charge in [-0.1, -0.05) is 146 Å². The molecule has 0 bridgehead atoms. The molecule has 0 unspecified atom stereocenters. The van der Waals surface area contributed by atoms with Crippen LogP contribution in [-0.4, -0.2) is 4.98 Å². The SMILES string of the molecule is c1ccc(-c2ccccc2-c2ccc(N(c3ccccc3)c3ccnc(-c4ccc5ccc6c7ccccc7ccc6c5c4)c3)cc2)cc1. The number of anilines is 3. The van der Waals surface area contributed by atoms with E-state index in [1.165, 1.54) is 54.6 Å². The first-order chi connectivity index (χ1) is 24.3. The van der Waals surface area contributed by atoms with E-state index in [2.05, 4.69) is 193 Å². The van der Waals surface area contributed by atoms with E-state index in [9.17, 15) is 0 Å². The Balaban J connectivity index is 1.12. The standard InChI is InChI=1S/C47H32N2/c1-3-11-33(12-4-1)41-16-9-10-17-42(41)35-21-25-39(26-22-35)49(38-14-5-2-6-15-38)40-29-30-48-47(32-40)37-20-19-36-24-27-44-43-18-8-7-13-34(43)23-28-45(44)46(36)31-37/h1-32H. The molecule has 1 heterocycles. The lowest BCUT2D eigenvalue weighted by Crippen LogP contribution is -2.10. The third-order valence-corrected chi connectivity index (χ3v) is 9.50. The summed E-state index contributed by atoms with van der Waals surface area (Å²) in [4.78, 5) is 7.19. The Morgan fingerprint density at radius 1 is 0.327 bits per heavy atom. The second-order valence-corrected chi connectivity index (χ2v) is 12.4. The molecule has 8 aromatic carbocycles. The average Bonchev–Trinajstić information content (AvgIpc) is 3.19. The van der Waals surface area contributed by atoms with Gasteiger partial charge in [-0.3, -0.25) is 4.98 Å². The van der Waals surface area contributed by atoms with Crippen LogP contribution >= 0.6 is 0 Å². The topological polar surface area (TPSA) is 16.1 Å². The van der Waals surface area contributed by atoms with Crippen LogP contribution < -0.4 is 4.90 Å². The maximum Gasteiger partial charge on any atom is 0.0723 e. The summed E-state index contributed by atoms with van der Waals surface area (Å²) >= 11 is 0. The van der Waals surface area contributed by atoms with Crippen LogP contribution in [0.25, 0.3) is 65.8 Å². The fourth-order valence-corrected chi connectivity index (χ4v) is 7.11. The van der Waals surface area contributed by atoms with Crippen LogP contribution in [0.5, 0.6) is 0 Å². The number of rotatable bonds is 6. The molecular weight excluding hydrogens is 593 g/mol. The Hall–Kier alpha value is -6.51. The van der Waals surface area contributed by atoms with Crippen molar-refractivity contribution in [2.24, 2.45) is 0 Å². The smallest absolute Gasteiger partial charge is 0.0723 e. The Labute approximate surface area is 286 Å². The molecule has 0 aliphatic rings. The van der Waals surface area contributed by atoms with Crippen molar-refractivity contribution < 1.29 is 0 Å². The van der Waals surface area contributed by atoms with Crippen molar-refractivity contribution in [2.45, 2.75) is 0 Å². The van der Waals surface area contributed by atoms with E-state index in [0.717, 1.165) is 28.3 Å².